The van der Waals surface area contributed by atoms with Crippen molar-refractivity contribution >= 4 is 12.3 Å². The predicted octanol–water partition coefficient (Wildman–Crippen LogP) is 5.93. The topological polar surface area (TPSA) is 71.1 Å². The summed E-state index contributed by atoms with van der Waals surface area (Å²) in [5, 5.41) is 0. The molecule has 0 N–H and O–H groups in total. The van der Waals surface area contributed by atoms with Gasteiger partial charge < -0.3 is 9.47 Å². The smallest absolute Gasteiger partial charge is 0.428 e. The second-order valence-corrected chi connectivity index (χ2v) is 5.95. The Balaban J connectivity index is 3.99. The van der Waals surface area contributed by atoms with E-state index in [9.17, 15) is 9.59 Å². The monoisotopic (exact) mass is 346 g/mol. The Morgan fingerprint density at radius 2 is 1.04 bits per heavy atom. The van der Waals surface area contributed by atoms with Gasteiger partial charge in [-0.2, -0.15) is 19.4 Å². The molecule has 0 aromatic carbocycles. The molecular formula is C18H34O6. The third-order valence-corrected chi connectivity index (χ3v) is 3.87. The normalized spacial score (nSPS) is 13.0. The Labute approximate surface area is 146 Å². The molecule has 6 nitrogen and oxygen atoms in total. The van der Waals surface area contributed by atoms with Gasteiger partial charge >= 0.3 is 12.3 Å². The third kappa shape index (κ3) is 12.0. The minimum atomic E-state index is -1.01. The zero-order chi connectivity index (χ0) is 18.2. The standard InChI is InChI=1S/C18H34O6/c1-5-9-11-13-15(7-3)21-17(19)23-24-18(20)22-16(8-4)14-12-10-6-2/h15-16H,5-14H2,1-4H3. The van der Waals surface area contributed by atoms with Crippen molar-refractivity contribution < 1.29 is 28.8 Å². The molecule has 142 valence electrons. The first-order chi connectivity index (χ1) is 11.6. The molecule has 0 bridgehead atoms. The molecule has 0 saturated heterocycles. The minimum absolute atomic E-state index is 0.221. The van der Waals surface area contributed by atoms with Gasteiger partial charge in [-0.05, 0) is 38.5 Å². The molecule has 6 heteroatoms. The van der Waals surface area contributed by atoms with E-state index in [1.807, 2.05) is 13.8 Å². The van der Waals surface area contributed by atoms with Gasteiger partial charge in [0.15, 0.2) is 0 Å². The second-order valence-electron chi connectivity index (χ2n) is 5.95. The molecule has 0 saturated carbocycles. The summed E-state index contributed by atoms with van der Waals surface area (Å²) in [4.78, 5) is 31.8. The summed E-state index contributed by atoms with van der Waals surface area (Å²) in [6.07, 6.45) is 6.85. The molecule has 0 aromatic heterocycles. The molecule has 0 aliphatic carbocycles. The first-order valence-corrected chi connectivity index (χ1v) is 9.32. The summed E-state index contributed by atoms with van der Waals surface area (Å²) in [5.74, 6) is 0. The Bertz CT molecular complexity index is 299. The summed E-state index contributed by atoms with van der Waals surface area (Å²) < 4.78 is 10.2. The van der Waals surface area contributed by atoms with E-state index in [-0.39, 0.29) is 12.2 Å². The van der Waals surface area contributed by atoms with Crippen LogP contribution in [0.4, 0.5) is 9.59 Å². The average Bonchev–Trinajstić information content (AvgIpc) is 2.58. The zero-order valence-corrected chi connectivity index (χ0v) is 15.7. The fraction of sp³-hybridized carbons (Fsp3) is 0.889. The molecule has 0 aliphatic heterocycles. The minimum Gasteiger partial charge on any atom is -0.428 e. The van der Waals surface area contributed by atoms with Crippen molar-refractivity contribution in [3.63, 3.8) is 0 Å². The Morgan fingerprint density at radius 3 is 1.33 bits per heavy atom. The highest BCUT2D eigenvalue weighted by Crippen LogP contribution is 2.13. The summed E-state index contributed by atoms with van der Waals surface area (Å²) in [6.45, 7) is 8.09. The molecule has 0 rings (SSSR count). The van der Waals surface area contributed by atoms with E-state index in [0.717, 1.165) is 51.4 Å². The highest BCUT2D eigenvalue weighted by Gasteiger charge is 2.19. The lowest BCUT2D eigenvalue weighted by molar-refractivity contribution is -0.225. The summed E-state index contributed by atoms with van der Waals surface area (Å²) in [6, 6.07) is 0. The number of hydrogen-bond acceptors (Lipinski definition) is 6. The summed E-state index contributed by atoms with van der Waals surface area (Å²) in [7, 11) is 0. The maximum Gasteiger partial charge on any atom is 0.550 e. The molecule has 0 spiro atoms. The molecular weight excluding hydrogens is 312 g/mol. The second kappa shape index (κ2) is 15.1. The first kappa shape index (κ1) is 22.5. The van der Waals surface area contributed by atoms with E-state index in [1.165, 1.54) is 0 Å². The van der Waals surface area contributed by atoms with Crippen LogP contribution in [-0.2, 0) is 19.2 Å². The van der Waals surface area contributed by atoms with E-state index in [2.05, 4.69) is 23.6 Å². The molecule has 0 aliphatic rings. The van der Waals surface area contributed by atoms with E-state index >= 15 is 0 Å². The first-order valence-electron chi connectivity index (χ1n) is 9.32. The average molecular weight is 346 g/mol. The van der Waals surface area contributed by atoms with Crippen LogP contribution < -0.4 is 0 Å². The number of ether oxygens (including phenoxy) is 2. The molecule has 0 heterocycles. The van der Waals surface area contributed by atoms with E-state index < -0.39 is 12.3 Å². The number of carbonyl (C=O) groups excluding carboxylic acids is 2. The summed E-state index contributed by atoms with van der Waals surface area (Å²) in [5.41, 5.74) is 0. The van der Waals surface area contributed by atoms with Crippen LogP contribution in [0.15, 0.2) is 0 Å². The lowest BCUT2D eigenvalue weighted by Crippen LogP contribution is -2.22. The highest BCUT2D eigenvalue weighted by atomic mass is 17.3. The van der Waals surface area contributed by atoms with Gasteiger partial charge in [0.05, 0.1) is 0 Å². The molecule has 0 amide bonds. The maximum atomic E-state index is 11.5. The van der Waals surface area contributed by atoms with Crippen LogP contribution in [-0.4, -0.2) is 24.5 Å². The van der Waals surface area contributed by atoms with Gasteiger partial charge in [-0.3, -0.25) is 0 Å². The zero-order valence-electron chi connectivity index (χ0n) is 15.7. The van der Waals surface area contributed by atoms with Crippen molar-refractivity contribution in [2.24, 2.45) is 0 Å². The van der Waals surface area contributed by atoms with Gasteiger partial charge in [0.25, 0.3) is 0 Å². The number of rotatable bonds is 12. The molecule has 24 heavy (non-hydrogen) atoms. The highest BCUT2D eigenvalue weighted by molar-refractivity contribution is 5.63. The van der Waals surface area contributed by atoms with Crippen LogP contribution in [0.5, 0.6) is 0 Å². The van der Waals surface area contributed by atoms with E-state index in [1.54, 1.807) is 0 Å². The van der Waals surface area contributed by atoms with Crippen LogP contribution in [0, 0.1) is 0 Å². The Hall–Kier alpha value is -1.46. The molecule has 0 radical (unpaired) electrons. The number of unbranched alkanes of at least 4 members (excludes halogenated alkanes) is 4. The van der Waals surface area contributed by atoms with Crippen molar-refractivity contribution in [2.75, 3.05) is 0 Å². The summed E-state index contributed by atoms with van der Waals surface area (Å²) >= 11 is 0. The van der Waals surface area contributed by atoms with Crippen molar-refractivity contribution in [2.45, 2.75) is 104 Å². The SMILES string of the molecule is CCCCCC(CC)OC(=O)OOC(=O)OC(CC)CCCCC. The van der Waals surface area contributed by atoms with Crippen molar-refractivity contribution in [3.8, 4) is 0 Å². The lowest BCUT2D eigenvalue weighted by Gasteiger charge is -2.16. The van der Waals surface area contributed by atoms with Crippen LogP contribution >= 0.6 is 0 Å². The van der Waals surface area contributed by atoms with Crippen LogP contribution in [0.3, 0.4) is 0 Å². The number of carbonyl (C=O) groups is 2. The fourth-order valence-corrected chi connectivity index (χ4v) is 2.32. The maximum absolute atomic E-state index is 11.5. The molecule has 2 unspecified atom stereocenters. The number of hydrogen-bond donors (Lipinski definition) is 0. The van der Waals surface area contributed by atoms with Gasteiger partial charge in [-0.1, -0.05) is 53.4 Å². The van der Waals surface area contributed by atoms with Gasteiger partial charge in [0.2, 0.25) is 0 Å². The molecule has 0 aromatic rings. The fourth-order valence-electron chi connectivity index (χ4n) is 2.32. The predicted molar refractivity (Wildman–Crippen MR) is 91.6 cm³/mol. The van der Waals surface area contributed by atoms with Crippen molar-refractivity contribution in [3.05, 3.63) is 0 Å². The quantitative estimate of drug-likeness (QED) is 0.189. The van der Waals surface area contributed by atoms with Gasteiger partial charge in [0.1, 0.15) is 12.2 Å². The van der Waals surface area contributed by atoms with Crippen molar-refractivity contribution in [1.29, 1.82) is 0 Å². The van der Waals surface area contributed by atoms with Gasteiger partial charge in [-0.25, -0.2) is 0 Å². The lowest BCUT2D eigenvalue weighted by atomic mass is 10.1. The molecule has 0 fully saturated rings. The van der Waals surface area contributed by atoms with Crippen LogP contribution in [0.1, 0.15) is 91.9 Å². The molecule has 2 atom stereocenters. The van der Waals surface area contributed by atoms with Crippen LogP contribution in [0.25, 0.3) is 0 Å². The van der Waals surface area contributed by atoms with Gasteiger partial charge in [0, 0.05) is 0 Å². The van der Waals surface area contributed by atoms with E-state index in [0.29, 0.717) is 12.8 Å². The largest absolute Gasteiger partial charge is 0.550 e. The Morgan fingerprint density at radius 1 is 0.667 bits per heavy atom. The van der Waals surface area contributed by atoms with Crippen LogP contribution in [0.2, 0.25) is 0 Å². The van der Waals surface area contributed by atoms with E-state index in [4.69, 9.17) is 9.47 Å². The Kier molecular flexibility index (Phi) is 14.2. The van der Waals surface area contributed by atoms with Gasteiger partial charge in [-0.15, -0.1) is 0 Å². The van der Waals surface area contributed by atoms with Crippen molar-refractivity contribution in [1.82, 2.24) is 0 Å². The third-order valence-electron chi connectivity index (χ3n) is 3.87.